The molecule has 1 fully saturated rings. The first-order valence-corrected chi connectivity index (χ1v) is 7.97. The quantitative estimate of drug-likeness (QED) is 0.916. The van der Waals surface area contributed by atoms with Crippen LogP contribution in [0.2, 0.25) is 0 Å². The Labute approximate surface area is 141 Å². The van der Waals surface area contributed by atoms with E-state index in [1.54, 1.807) is 29.2 Å². The van der Waals surface area contributed by atoms with Crippen molar-refractivity contribution in [3.05, 3.63) is 60.1 Å². The molecule has 3 amide bonds. The molecule has 3 rings (SSSR count). The molecule has 1 aliphatic heterocycles. The molecule has 1 atom stereocenters. The van der Waals surface area contributed by atoms with Gasteiger partial charge in [-0.05, 0) is 17.7 Å². The highest BCUT2D eigenvalue weighted by molar-refractivity contribution is 5.81. The molecule has 0 bridgehead atoms. The largest absolute Gasteiger partial charge is 0.467 e. The van der Waals surface area contributed by atoms with Gasteiger partial charge >= 0.3 is 6.03 Å². The summed E-state index contributed by atoms with van der Waals surface area (Å²) in [5.74, 6) is 0.790. The van der Waals surface area contributed by atoms with E-state index in [4.69, 9.17) is 4.42 Å². The van der Waals surface area contributed by atoms with E-state index in [0.29, 0.717) is 26.1 Å². The predicted molar refractivity (Wildman–Crippen MR) is 89.0 cm³/mol. The Hall–Kier alpha value is -2.76. The van der Waals surface area contributed by atoms with Gasteiger partial charge in [-0.1, -0.05) is 30.3 Å². The molecule has 0 radical (unpaired) electrons. The summed E-state index contributed by atoms with van der Waals surface area (Å²) in [6, 6.07) is 13.1. The molecule has 1 aromatic heterocycles. The standard InChI is InChI=1S/C18H21N3O3/c1-20(13-16-8-5-9-24-16)18(23)19-15-10-17(22)21(12-15)11-14-6-3-2-4-7-14/h2-9,15H,10-13H2,1H3,(H,19,23)/t15-/m0/s1. The normalized spacial score (nSPS) is 17.1. The van der Waals surface area contributed by atoms with Crippen molar-refractivity contribution >= 4 is 11.9 Å². The van der Waals surface area contributed by atoms with Gasteiger partial charge in [0.15, 0.2) is 0 Å². The molecule has 0 unspecified atom stereocenters. The van der Waals surface area contributed by atoms with Gasteiger partial charge in [-0.25, -0.2) is 4.79 Å². The van der Waals surface area contributed by atoms with Gasteiger partial charge in [-0.2, -0.15) is 0 Å². The molecule has 0 saturated carbocycles. The van der Waals surface area contributed by atoms with Gasteiger partial charge in [-0.15, -0.1) is 0 Å². The number of furan rings is 1. The minimum Gasteiger partial charge on any atom is -0.467 e. The second-order valence-electron chi connectivity index (χ2n) is 6.05. The van der Waals surface area contributed by atoms with Gasteiger partial charge in [0.1, 0.15) is 5.76 Å². The first kappa shape index (κ1) is 16.1. The number of amides is 3. The topological polar surface area (TPSA) is 65.8 Å². The molecule has 2 aromatic rings. The smallest absolute Gasteiger partial charge is 0.317 e. The highest BCUT2D eigenvalue weighted by Gasteiger charge is 2.31. The summed E-state index contributed by atoms with van der Waals surface area (Å²) in [7, 11) is 1.70. The first-order chi connectivity index (χ1) is 11.6. The van der Waals surface area contributed by atoms with Crippen LogP contribution in [-0.4, -0.2) is 41.4 Å². The zero-order chi connectivity index (χ0) is 16.9. The summed E-state index contributed by atoms with van der Waals surface area (Å²) in [5.41, 5.74) is 1.09. The zero-order valence-corrected chi connectivity index (χ0v) is 13.6. The summed E-state index contributed by atoms with van der Waals surface area (Å²) in [6.07, 6.45) is 1.92. The fourth-order valence-corrected chi connectivity index (χ4v) is 2.82. The Kier molecular flexibility index (Phi) is 4.84. The van der Waals surface area contributed by atoms with Gasteiger partial charge in [0, 0.05) is 26.6 Å². The third-order valence-corrected chi connectivity index (χ3v) is 4.08. The van der Waals surface area contributed by atoms with Crippen molar-refractivity contribution in [1.29, 1.82) is 0 Å². The lowest BCUT2D eigenvalue weighted by Crippen LogP contribution is -2.43. The average molecular weight is 327 g/mol. The van der Waals surface area contributed by atoms with Crippen LogP contribution in [0.1, 0.15) is 17.7 Å². The van der Waals surface area contributed by atoms with E-state index >= 15 is 0 Å². The number of carbonyl (C=O) groups excluding carboxylic acids is 2. The fourth-order valence-electron chi connectivity index (χ4n) is 2.82. The van der Waals surface area contributed by atoms with E-state index < -0.39 is 0 Å². The van der Waals surface area contributed by atoms with Gasteiger partial charge < -0.3 is 19.5 Å². The van der Waals surface area contributed by atoms with Crippen LogP contribution in [0.5, 0.6) is 0 Å². The van der Waals surface area contributed by atoms with Crippen LogP contribution in [-0.2, 0) is 17.9 Å². The molecule has 6 heteroatoms. The number of carbonyl (C=O) groups is 2. The predicted octanol–water partition coefficient (Wildman–Crippen LogP) is 2.22. The van der Waals surface area contributed by atoms with E-state index in [1.807, 2.05) is 36.4 Å². The number of nitrogens with zero attached hydrogens (tertiary/aromatic N) is 2. The summed E-state index contributed by atoms with van der Waals surface area (Å²) in [5, 5.41) is 2.92. The second-order valence-corrected chi connectivity index (χ2v) is 6.05. The highest BCUT2D eigenvalue weighted by atomic mass is 16.3. The maximum Gasteiger partial charge on any atom is 0.317 e. The van der Waals surface area contributed by atoms with Gasteiger partial charge in [0.05, 0.1) is 18.8 Å². The number of benzene rings is 1. The van der Waals surface area contributed by atoms with Crippen LogP contribution in [0.15, 0.2) is 53.1 Å². The molecule has 1 saturated heterocycles. The van der Waals surface area contributed by atoms with Crippen LogP contribution in [0.3, 0.4) is 0 Å². The average Bonchev–Trinajstić information content (AvgIpc) is 3.19. The number of likely N-dealkylation sites (tertiary alicyclic amines) is 1. The second kappa shape index (κ2) is 7.21. The lowest BCUT2D eigenvalue weighted by atomic mass is 10.2. The SMILES string of the molecule is CN(Cc1ccco1)C(=O)N[C@H]1CC(=O)N(Cc2ccccc2)C1. The molecule has 0 spiro atoms. The van der Waals surface area contributed by atoms with Crippen molar-refractivity contribution in [2.24, 2.45) is 0 Å². The van der Waals surface area contributed by atoms with Gasteiger partial charge in [0.2, 0.25) is 5.91 Å². The summed E-state index contributed by atoms with van der Waals surface area (Å²) in [4.78, 5) is 27.7. The lowest BCUT2D eigenvalue weighted by Gasteiger charge is -2.20. The number of urea groups is 1. The van der Waals surface area contributed by atoms with Gasteiger partial charge in [0.25, 0.3) is 0 Å². The first-order valence-electron chi connectivity index (χ1n) is 7.97. The van der Waals surface area contributed by atoms with Crippen LogP contribution >= 0.6 is 0 Å². The van der Waals surface area contributed by atoms with E-state index in [-0.39, 0.29) is 18.0 Å². The molecular weight excluding hydrogens is 306 g/mol. The molecule has 1 aliphatic rings. The van der Waals surface area contributed by atoms with E-state index in [9.17, 15) is 9.59 Å². The van der Waals surface area contributed by atoms with Crippen LogP contribution < -0.4 is 5.32 Å². The zero-order valence-electron chi connectivity index (χ0n) is 13.6. The van der Waals surface area contributed by atoms with E-state index in [1.165, 1.54) is 0 Å². The molecular formula is C18H21N3O3. The van der Waals surface area contributed by atoms with Gasteiger partial charge in [-0.3, -0.25) is 4.79 Å². The van der Waals surface area contributed by atoms with Crippen molar-refractivity contribution in [3.8, 4) is 0 Å². The molecule has 126 valence electrons. The Morgan fingerprint density at radius 3 is 2.79 bits per heavy atom. The summed E-state index contributed by atoms with van der Waals surface area (Å²) in [6.45, 7) is 1.51. The minimum absolute atomic E-state index is 0.0674. The lowest BCUT2D eigenvalue weighted by molar-refractivity contribution is -0.128. The Bertz CT molecular complexity index is 685. The number of hydrogen-bond donors (Lipinski definition) is 1. The monoisotopic (exact) mass is 327 g/mol. The minimum atomic E-state index is -0.203. The molecule has 0 aliphatic carbocycles. The van der Waals surface area contributed by atoms with Crippen LogP contribution in [0.25, 0.3) is 0 Å². The molecule has 2 heterocycles. The number of hydrogen-bond acceptors (Lipinski definition) is 3. The van der Waals surface area contributed by atoms with E-state index in [0.717, 1.165) is 11.3 Å². The maximum absolute atomic E-state index is 12.2. The summed E-state index contributed by atoms with van der Waals surface area (Å²) < 4.78 is 5.24. The van der Waals surface area contributed by atoms with Crippen LogP contribution in [0, 0.1) is 0 Å². The third-order valence-electron chi connectivity index (χ3n) is 4.08. The maximum atomic E-state index is 12.2. The van der Waals surface area contributed by atoms with E-state index in [2.05, 4.69) is 5.32 Å². The molecule has 24 heavy (non-hydrogen) atoms. The Morgan fingerprint density at radius 1 is 1.29 bits per heavy atom. The van der Waals surface area contributed by atoms with Crippen molar-refractivity contribution < 1.29 is 14.0 Å². The highest BCUT2D eigenvalue weighted by Crippen LogP contribution is 2.15. The third kappa shape index (κ3) is 3.95. The van der Waals surface area contributed by atoms with Crippen molar-refractivity contribution in [3.63, 3.8) is 0 Å². The van der Waals surface area contributed by atoms with Crippen LogP contribution in [0.4, 0.5) is 4.79 Å². The number of nitrogens with one attached hydrogen (secondary N) is 1. The Balaban J connectivity index is 1.51. The Morgan fingerprint density at radius 2 is 2.08 bits per heavy atom. The van der Waals surface area contributed by atoms with Crippen molar-refractivity contribution in [2.75, 3.05) is 13.6 Å². The molecule has 6 nitrogen and oxygen atoms in total. The molecule has 1 N–H and O–H groups in total. The van der Waals surface area contributed by atoms with Crippen molar-refractivity contribution in [2.45, 2.75) is 25.6 Å². The molecule has 1 aromatic carbocycles. The number of rotatable bonds is 5. The van der Waals surface area contributed by atoms with Crippen molar-refractivity contribution in [1.82, 2.24) is 15.1 Å². The summed E-state index contributed by atoms with van der Waals surface area (Å²) >= 11 is 0. The fraction of sp³-hybridized carbons (Fsp3) is 0.333.